The molecule has 0 spiro atoms. The number of nitriles is 1. The standard InChI is InChI=1S/C44H51FN5O12PS2/c1-32-40-25-38(17-18-42(40)64-43(32)65(54,55)49-31-63(52,53)62-39-16-11-35(27-46)41(45)26-39)58-24-6-23-50(21-4-19-47-30-61-60-29-34-9-14-37(57-3)15-10-34)22-5-20-48-44(51)59-28-33-7-12-36(56-2)13-8-33/h7-18,25-26,30,49H,4-6,19-24,28-29,31H2,1-3H3,(H,48,51)(H,52,53). The minimum Gasteiger partial charge on any atom is -0.768 e. The lowest BCUT2D eigenvalue weighted by Crippen LogP contribution is -3.12. The molecule has 2 unspecified atom stereocenters. The number of hydrogen-bond donors (Lipinski definition) is 3. The predicted octanol–water partition coefficient (Wildman–Crippen LogP) is 5.64. The van der Waals surface area contributed by atoms with E-state index in [-0.39, 0.29) is 23.0 Å². The lowest BCUT2D eigenvalue weighted by Gasteiger charge is -2.24. The van der Waals surface area contributed by atoms with E-state index >= 15 is 0 Å². The highest BCUT2D eigenvalue weighted by molar-refractivity contribution is 7.92. The molecule has 0 saturated heterocycles. The van der Waals surface area contributed by atoms with Crippen LogP contribution < -0.4 is 38.6 Å². The van der Waals surface area contributed by atoms with Crippen LogP contribution in [0.4, 0.5) is 9.18 Å². The van der Waals surface area contributed by atoms with E-state index in [4.69, 9.17) is 38.5 Å². The molecule has 0 aliphatic carbocycles. The van der Waals surface area contributed by atoms with Crippen LogP contribution in [0.3, 0.4) is 0 Å². The fourth-order valence-corrected chi connectivity index (χ4v) is 10.5. The number of nitrogens with one attached hydrogen (secondary N) is 3. The summed E-state index contributed by atoms with van der Waals surface area (Å²) in [5.41, 5.74) is 1.86. The first-order chi connectivity index (χ1) is 31.3. The number of amides is 1. The van der Waals surface area contributed by atoms with Crippen molar-refractivity contribution in [1.29, 1.82) is 5.26 Å². The van der Waals surface area contributed by atoms with Crippen molar-refractivity contribution >= 4 is 51.5 Å². The third-order valence-corrected chi connectivity index (χ3v) is 14.2. The first-order valence-corrected chi connectivity index (χ1v) is 24.4. The van der Waals surface area contributed by atoms with Crippen molar-refractivity contribution in [2.45, 2.75) is 43.6 Å². The topological polar surface area (TPSA) is 221 Å². The van der Waals surface area contributed by atoms with Crippen LogP contribution in [0.2, 0.25) is 0 Å². The van der Waals surface area contributed by atoms with Crippen molar-refractivity contribution in [3.8, 4) is 29.1 Å². The van der Waals surface area contributed by atoms with Gasteiger partial charge in [-0.1, -0.05) is 24.3 Å². The first kappa shape index (κ1) is 50.2. The molecule has 0 saturated carbocycles. The zero-order valence-corrected chi connectivity index (χ0v) is 38.6. The number of thiophene rings is 1. The van der Waals surface area contributed by atoms with Gasteiger partial charge in [-0.05, 0) is 78.2 Å². The van der Waals surface area contributed by atoms with Crippen molar-refractivity contribution in [2.24, 2.45) is 4.99 Å². The molecule has 0 bridgehead atoms. The molecule has 1 aromatic heterocycles. The number of hydrogen-bond acceptors (Lipinski definition) is 15. The summed E-state index contributed by atoms with van der Waals surface area (Å²) in [5.74, 6) is 0.626. The molecule has 2 atom stereocenters. The number of methoxy groups -OCH3 is 2. The Morgan fingerprint density at radius 3 is 2.23 bits per heavy atom. The monoisotopic (exact) mass is 955 g/mol. The molecule has 0 radical (unpaired) electrons. The molecule has 0 fully saturated rings. The van der Waals surface area contributed by atoms with Gasteiger partial charge in [-0.3, -0.25) is 9.56 Å². The van der Waals surface area contributed by atoms with Gasteiger partial charge in [-0.15, -0.1) is 11.3 Å². The highest BCUT2D eigenvalue weighted by atomic mass is 32.2. The predicted molar refractivity (Wildman–Crippen MR) is 239 cm³/mol. The van der Waals surface area contributed by atoms with Gasteiger partial charge in [-0.2, -0.15) is 10.1 Å². The van der Waals surface area contributed by atoms with Gasteiger partial charge in [0.15, 0.2) is 7.60 Å². The number of nitrogens with zero attached hydrogens (tertiary/aromatic N) is 2. The van der Waals surface area contributed by atoms with Crippen LogP contribution in [0.15, 0.2) is 94.1 Å². The van der Waals surface area contributed by atoms with Gasteiger partial charge < -0.3 is 43.5 Å². The zero-order valence-electron chi connectivity index (χ0n) is 36.1. The van der Waals surface area contributed by atoms with Crippen LogP contribution in [0.1, 0.15) is 41.5 Å². The van der Waals surface area contributed by atoms with E-state index in [1.165, 1.54) is 11.3 Å². The van der Waals surface area contributed by atoms with Crippen LogP contribution in [-0.2, 0) is 42.3 Å². The SMILES string of the molecule is COc1ccc(COOC=NCCC[NH+](CCCNC(=O)OCc2ccc(OC)cc2)CCCOc2ccc3sc(S(=O)(=O)NCP(=O)([O-])Oc4ccc(C#N)c(F)c4)c(C)c3c2)cc1. The zero-order chi connectivity index (χ0) is 46.7. The van der Waals surface area contributed by atoms with E-state index in [0.717, 1.165) is 72.5 Å². The molecular formula is C44H51FN5O12PS2. The van der Waals surface area contributed by atoms with E-state index in [1.807, 2.05) is 36.4 Å². The molecule has 0 aliphatic heterocycles. The maximum atomic E-state index is 13.9. The minimum absolute atomic E-state index is 0.0784. The number of fused-ring (bicyclic) bond motifs is 1. The average molecular weight is 956 g/mol. The number of sulfonamides is 1. The third kappa shape index (κ3) is 16.3. The number of carbonyl (C=O) groups excluding carboxylic acids is 1. The van der Waals surface area contributed by atoms with E-state index in [9.17, 15) is 27.1 Å². The largest absolute Gasteiger partial charge is 0.768 e. The van der Waals surface area contributed by atoms with Crippen LogP contribution in [0, 0.1) is 24.1 Å². The Bertz CT molecular complexity index is 2560. The van der Waals surface area contributed by atoms with E-state index in [1.54, 1.807) is 57.5 Å². The number of carbonyl (C=O) groups is 1. The molecule has 17 nitrogen and oxygen atoms in total. The number of quaternary nitrogens is 1. The lowest BCUT2D eigenvalue weighted by molar-refractivity contribution is -0.900. The van der Waals surface area contributed by atoms with Gasteiger partial charge >= 0.3 is 6.09 Å². The second kappa shape index (κ2) is 25.1. The summed E-state index contributed by atoms with van der Waals surface area (Å²) in [6.45, 7) is 5.63. The molecule has 1 amide bonds. The number of alkyl carbamates (subject to hydrolysis) is 1. The highest BCUT2D eigenvalue weighted by Gasteiger charge is 2.25. The molecule has 3 N–H and O–H groups in total. The normalized spacial score (nSPS) is 12.9. The molecule has 5 aromatic rings. The molecule has 348 valence electrons. The number of aliphatic imine (C=N–C) groups is 1. The maximum Gasteiger partial charge on any atom is 0.407 e. The van der Waals surface area contributed by atoms with Crippen molar-refractivity contribution in [2.75, 3.05) is 59.8 Å². The highest BCUT2D eigenvalue weighted by Crippen LogP contribution is 2.40. The molecule has 21 heteroatoms. The Kier molecular flexibility index (Phi) is 19.4. The fourth-order valence-electron chi connectivity index (χ4n) is 6.28. The number of ether oxygens (including phenoxy) is 4. The number of aryl methyl sites for hydroxylation is 1. The average Bonchev–Trinajstić information content (AvgIpc) is 3.64. The van der Waals surface area contributed by atoms with Crippen molar-refractivity contribution in [3.63, 3.8) is 0 Å². The summed E-state index contributed by atoms with van der Waals surface area (Å²) in [5, 5.41) is 12.3. The Morgan fingerprint density at radius 1 is 0.908 bits per heavy atom. The summed E-state index contributed by atoms with van der Waals surface area (Å²) in [6, 6.07) is 24.4. The summed E-state index contributed by atoms with van der Waals surface area (Å²) >= 11 is 0.972. The van der Waals surface area contributed by atoms with Gasteiger partial charge in [0.05, 0.1) is 52.3 Å². The summed E-state index contributed by atoms with van der Waals surface area (Å²) in [6.07, 6.45) is 1.84. The molecule has 1 heterocycles. The van der Waals surface area contributed by atoms with Crippen LogP contribution >= 0.6 is 18.9 Å². The molecule has 5 rings (SSSR count). The van der Waals surface area contributed by atoms with Gasteiger partial charge in [0.25, 0.3) is 10.0 Å². The molecule has 65 heavy (non-hydrogen) atoms. The Morgan fingerprint density at radius 2 is 1.55 bits per heavy atom. The Labute approximate surface area is 381 Å². The molecule has 0 aliphatic rings. The van der Waals surface area contributed by atoms with Gasteiger partial charge in [0, 0.05) is 48.5 Å². The van der Waals surface area contributed by atoms with Crippen LogP contribution in [-0.4, -0.2) is 80.7 Å². The fraction of sp³-hybridized carbons (Fsp3) is 0.341. The lowest BCUT2D eigenvalue weighted by atomic mass is 10.2. The maximum absolute atomic E-state index is 13.9. The quantitative estimate of drug-likeness (QED) is 0.0145. The Balaban J connectivity index is 1.09. The van der Waals surface area contributed by atoms with Crippen molar-refractivity contribution < 1.29 is 65.2 Å². The smallest absolute Gasteiger partial charge is 0.407 e. The van der Waals surface area contributed by atoms with E-state index in [0.29, 0.717) is 59.7 Å². The van der Waals surface area contributed by atoms with Crippen molar-refractivity contribution in [1.82, 2.24) is 10.0 Å². The summed E-state index contributed by atoms with van der Waals surface area (Å²) < 4.78 is 82.3. The van der Waals surface area contributed by atoms with E-state index < -0.39 is 41.6 Å². The second-order valence-corrected chi connectivity index (χ2v) is 19.1. The van der Waals surface area contributed by atoms with Gasteiger partial charge in [0.1, 0.15) is 52.3 Å². The number of benzene rings is 4. The van der Waals surface area contributed by atoms with E-state index in [2.05, 4.69) is 15.0 Å². The first-order valence-electron chi connectivity index (χ1n) is 20.4. The third-order valence-electron chi connectivity index (χ3n) is 9.70. The molecular weight excluding hydrogens is 905 g/mol. The minimum atomic E-state index is -4.86. The van der Waals surface area contributed by atoms with Crippen molar-refractivity contribution in [3.05, 3.63) is 113 Å². The van der Waals surface area contributed by atoms with Gasteiger partial charge in [-0.25, -0.2) is 22.3 Å². The second-order valence-electron chi connectivity index (χ2n) is 14.4. The number of halogens is 1. The van der Waals surface area contributed by atoms with Crippen LogP contribution in [0.25, 0.3) is 10.1 Å². The number of rotatable bonds is 27. The summed E-state index contributed by atoms with van der Waals surface area (Å²) in [4.78, 5) is 40.8. The Hall–Kier alpha value is -5.78. The molecule has 4 aromatic carbocycles. The summed E-state index contributed by atoms with van der Waals surface area (Å²) in [7, 11) is -5.97. The van der Waals surface area contributed by atoms with Gasteiger partial charge in [0.2, 0.25) is 6.40 Å². The van der Waals surface area contributed by atoms with Crippen LogP contribution in [0.5, 0.6) is 23.0 Å².